The quantitative estimate of drug-likeness (QED) is 0.381. The second kappa shape index (κ2) is 9.18. The molecular weight excluding hydrogens is 439 g/mol. The highest BCUT2D eigenvalue weighted by molar-refractivity contribution is 6.03. The summed E-state index contributed by atoms with van der Waals surface area (Å²) in [5.41, 5.74) is 14.7. The van der Waals surface area contributed by atoms with E-state index in [9.17, 15) is 14.0 Å². The first-order chi connectivity index (χ1) is 16.2. The molecule has 5 N–H and O–H groups in total. The normalized spacial score (nSPS) is 11.1. The number of amides is 2. The van der Waals surface area contributed by atoms with Crippen molar-refractivity contribution in [3.05, 3.63) is 71.5 Å². The van der Waals surface area contributed by atoms with Crippen molar-refractivity contribution in [2.75, 3.05) is 11.1 Å². The molecule has 2 amide bonds. The summed E-state index contributed by atoms with van der Waals surface area (Å²) in [7, 11) is 0. The average molecular weight is 462 g/mol. The largest absolute Gasteiger partial charge is 0.383 e. The van der Waals surface area contributed by atoms with Crippen molar-refractivity contribution in [3.8, 4) is 22.5 Å². The second-order valence-corrected chi connectivity index (χ2v) is 8.02. The summed E-state index contributed by atoms with van der Waals surface area (Å²) in [6.07, 6.45) is 0.0815. The molecule has 2 aromatic carbocycles. The smallest absolute Gasteiger partial charge is 0.254 e. The standard InChI is InChI=1S/C24H23FN6O3/c1-13(2)31-23(26)21(24(27)33)22(29-31)16-5-3-14(4-6-16)11-19(32)28-20-12-18(30-34-20)15-7-9-17(25)10-8-15/h3-10,12-13H,11,26H2,1-2H3,(H2,27,33)(H,28,32). The molecule has 0 unspecified atom stereocenters. The van der Waals surface area contributed by atoms with Gasteiger partial charge in [0.05, 0.1) is 6.42 Å². The van der Waals surface area contributed by atoms with Gasteiger partial charge in [0.25, 0.3) is 5.91 Å². The molecule has 0 fully saturated rings. The summed E-state index contributed by atoms with van der Waals surface area (Å²) in [6, 6.07) is 14.3. The van der Waals surface area contributed by atoms with E-state index in [0.717, 1.165) is 5.56 Å². The zero-order chi connectivity index (χ0) is 24.4. The third-order valence-electron chi connectivity index (χ3n) is 5.19. The van der Waals surface area contributed by atoms with Crippen LogP contribution in [0.15, 0.2) is 59.1 Å². The van der Waals surface area contributed by atoms with Crippen LogP contribution in [0.2, 0.25) is 0 Å². The predicted molar refractivity (Wildman–Crippen MR) is 125 cm³/mol. The predicted octanol–water partition coefficient (Wildman–Crippen LogP) is 3.79. The monoisotopic (exact) mass is 462 g/mol. The Morgan fingerprint density at radius 2 is 1.74 bits per heavy atom. The number of carbonyl (C=O) groups excluding carboxylic acids is 2. The molecule has 4 aromatic rings. The molecule has 0 aliphatic carbocycles. The van der Waals surface area contributed by atoms with Crippen LogP contribution in [0.4, 0.5) is 16.1 Å². The summed E-state index contributed by atoms with van der Waals surface area (Å²) in [4.78, 5) is 24.4. The first-order valence-electron chi connectivity index (χ1n) is 10.5. The maximum atomic E-state index is 13.1. The van der Waals surface area contributed by atoms with Gasteiger partial charge in [-0.1, -0.05) is 29.4 Å². The average Bonchev–Trinajstić information content (AvgIpc) is 3.39. The zero-order valence-electron chi connectivity index (χ0n) is 18.6. The van der Waals surface area contributed by atoms with Crippen LogP contribution in [0.1, 0.15) is 35.8 Å². The molecule has 0 aliphatic rings. The maximum Gasteiger partial charge on any atom is 0.254 e. The Bertz CT molecular complexity index is 1340. The molecule has 9 nitrogen and oxygen atoms in total. The number of rotatable bonds is 7. The minimum Gasteiger partial charge on any atom is -0.383 e. The molecule has 0 aliphatic heterocycles. The molecule has 4 rings (SSSR count). The lowest BCUT2D eigenvalue weighted by Crippen LogP contribution is -2.15. The van der Waals surface area contributed by atoms with Gasteiger partial charge in [0, 0.05) is 23.2 Å². The Kier molecular flexibility index (Phi) is 6.13. The van der Waals surface area contributed by atoms with Gasteiger partial charge in [0.2, 0.25) is 11.8 Å². The van der Waals surface area contributed by atoms with Gasteiger partial charge in [-0.3, -0.25) is 14.9 Å². The summed E-state index contributed by atoms with van der Waals surface area (Å²) in [5.74, 6) is -0.917. The van der Waals surface area contributed by atoms with E-state index in [4.69, 9.17) is 16.0 Å². The van der Waals surface area contributed by atoms with Gasteiger partial charge in [0.15, 0.2) is 0 Å². The van der Waals surface area contributed by atoms with Gasteiger partial charge in [0.1, 0.15) is 28.6 Å². The lowest BCUT2D eigenvalue weighted by Gasteiger charge is -2.07. The van der Waals surface area contributed by atoms with Crippen molar-refractivity contribution in [2.45, 2.75) is 26.3 Å². The number of nitrogens with two attached hydrogens (primary N) is 2. The number of anilines is 2. The molecule has 174 valence electrons. The fourth-order valence-corrected chi connectivity index (χ4v) is 3.52. The van der Waals surface area contributed by atoms with Crippen molar-refractivity contribution in [1.29, 1.82) is 0 Å². The first-order valence-corrected chi connectivity index (χ1v) is 10.5. The maximum absolute atomic E-state index is 13.1. The molecular formula is C24H23FN6O3. The number of halogens is 1. The second-order valence-electron chi connectivity index (χ2n) is 8.02. The first kappa shape index (κ1) is 22.7. The Balaban J connectivity index is 1.45. The van der Waals surface area contributed by atoms with Crippen molar-refractivity contribution in [1.82, 2.24) is 14.9 Å². The highest BCUT2D eigenvalue weighted by Crippen LogP contribution is 2.29. The summed E-state index contributed by atoms with van der Waals surface area (Å²) in [5, 5.41) is 11.0. The minimum absolute atomic E-state index is 0.0468. The SMILES string of the molecule is CC(C)n1nc(-c2ccc(CC(=O)Nc3cc(-c4ccc(F)cc4)no3)cc2)c(C(N)=O)c1N. The molecule has 10 heteroatoms. The molecule has 0 atom stereocenters. The van der Waals surface area contributed by atoms with Gasteiger partial charge in [-0.05, 0) is 43.7 Å². The molecule has 0 spiro atoms. The van der Waals surface area contributed by atoms with Crippen molar-refractivity contribution >= 4 is 23.5 Å². The van der Waals surface area contributed by atoms with E-state index in [2.05, 4.69) is 15.6 Å². The summed E-state index contributed by atoms with van der Waals surface area (Å²) < 4.78 is 19.8. The van der Waals surface area contributed by atoms with Crippen LogP contribution in [0.3, 0.4) is 0 Å². The van der Waals surface area contributed by atoms with Gasteiger partial charge >= 0.3 is 0 Å². The minimum atomic E-state index is -0.657. The lowest BCUT2D eigenvalue weighted by atomic mass is 10.0. The topological polar surface area (TPSA) is 142 Å². The van der Waals surface area contributed by atoms with Gasteiger partial charge in [-0.25, -0.2) is 9.07 Å². The molecule has 34 heavy (non-hydrogen) atoms. The van der Waals surface area contributed by atoms with Gasteiger partial charge in [-0.15, -0.1) is 0 Å². The Hall–Kier alpha value is -4.47. The van der Waals surface area contributed by atoms with Gasteiger partial charge < -0.3 is 16.0 Å². The van der Waals surface area contributed by atoms with E-state index in [1.54, 1.807) is 47.1 Å². The van der Waals surface area contributed by atoms with Crippen LogP contribution in [0.5, 0.6) is 0 Å². The van der Waals surface area contributed by atoms with Crippen LogP contribution in [0.25, 0.3) is 22.5 Å². The number of nitrogens with one attached hydrogen (secondary N) is 1. The van der Waals surface area contributed by atoms with E-state index >= 15 is 0 Å². The summed E-state index contributed by atoms with van der Waals surface area (Å²) >= 11 is 0. The van der Waals surface area contributed by atoms with E-state index in [-0.39, 0.29) is 41.5 Å². The Morgan fingerprint density at radius 1 is 1.09 bits per heavy atom. The van der Waals surface area contributed by atoms with Crippen LogP contribution in [-0.2, 0) is 11.2 Å². The van der Waals surface area contributed by atoms with Crippen molar-refractivity contribution < 1.29 is 18.5 Å². The Morgan fingerprint density at radius 3 is 2.35 bits per heavy atom. The third kappa shape index (κ3) is 4.65. The number of primary amides is 1. The van der Waals surface area contributed by atoms with Gasteiger partial charge in [-0.2, -0.15) is 5.10 Å². The third-order valence-corrected chi connectivity index (χ3v) is 5.19. The number of benzene rings is 2. The number of hydrogen-bond acceptors (Lipinski definition) is 6. The fourth-order valence-electron chi connectivity index (χ4n) is 3.52. The van der Waals surface area contributed by atoms with Crippen LogP contribution in [-0.4, -0.2) is 26.8 Å². The molecule has 0 radical (unpaired) electrons. The molecule has 0 saturated carbocycles. The fraction of sp³-hybridized carbons (Fsp3) is 0.167. The number of aromatic nitrogens is 3. The highest BCUT2D eigenvalue weighted by atomic mass is 19.1. The van der Waals surface area contributed by atoms with E-state index in [1.165, 1.54) is 12.1 Å². The van der Waals surface area contributed by atoms with Crippen molar-refractivity contribution in [3.63, 3.8) is 0 Å². The molecule has 2 heterocycles. The lowest BCUT2D eigenvalue weighted by molar-refractivity contribution is -0.115. The highest BCUT2D eigenvalue weighted by Gasteiger charge is 2.22. The van der Waals surface area contributed by atoms with E-state index in [0.29, 0.717) is 22.5 Å². The number of hydrogen-bond donors (Lipinski definition) is 3. The van der Waals surface area contributed by atoms with E-state index in [1.807, 2.05) is 13.8 Å². The number of carbonyl (C=O) groups is 2. The molecule has 0 saturated heterocycles. The van der Waals surface area contributed by atoms with Crippen LogP contribution < -0.4 is 16.8 Å². The Labute approximate surface area is 194 Å². The van der Waals surface area contributed by atoms with E-state index < -0.39 is 5.91 Å². The number of nitrogens with zero attached hydrogens (tertiary/aromatic N) is 3. The van der Waals surface area contributed by atoms with Crippen LogP contribution in [0, 0.1) is 5.82 Å². The van der Waals surface area contributed by atoms with Crippen LogP contribution >= 0.6 is 0 Å². The molecule has 2 aromatic heterocycles. The van der Waals surface area contributed by atoms with Crippen molar-refractivity contribution in [2.24, 2.45) is 5.73 Å². The summed E-state index contributed by atoms with van der Waals surface area (Å²) in [6.45, 7) is 3.80. The molecule has 0 bridgehead atoms. The zero-order valence-corrected chi connectivity index (χ0v) is 18.6. The number of nitrogen functional groups attached to an aromatic ring is 1.